The molecule has 0 aromatic heterocycles. The fourth-order valence-corrected chi connectivity index (χ4v) is 2.61. The normalized spacial score (nSPS) is 15.3. The van der Waals surface area contributed by atoms with Crippen LogP contribution in [0.5, 0.6) is 0 Å². The second kappa shape index (κ2) is 7.55. The Kier molecular flexibility index (Phi) is 5.67. The van der Waals surface area contributed by atoms with E-state index in [9.17, 15) is 28.1 Å². The minimum atomic E-state index is -4.38. The first-order chi connectivity index (χ1) is 11.7. The maximum atomic E-state index is 12.3. The maximum Gasteiger partial charge on any atom is 0.407 e. The van der Waals surface area contributed by atoms with E-state index in [0.717, 1.165) is 0 Å². The van der Waals surface area contributed by atoms with E-state index in [1.165, 1.54) is 23.1 Å². The first kappa shape index (κ1) is 18.8. The number of non-ortho nitro benzene ring substituents is 1. The number of nitrogens with zero attached hydrogens (tertiary/aromatic N) is 3. The Morgan fingerprint density at radius 2 is 1.92 bits per heavy atom. The zero-order valence-corrected chi connectivity index (χ0v) is 13.1. The number of alkyl halides is 3. The van der Waals surface area contributed by atoms with Crippen LogP contribution in [0.15, 0.2) is 18.2 Å². The molecular weight excluding hydrogens is 345 g/mol. The van der Waals surface area contributed by atoms with Crippen LogP contribution in [0.25, 0.3) is 0 Å². The molecular formula is C14H17F3N4O4. The van der Waals surface area contributed by atoms with Gasteiger partial charge in [-0.25, -0.2) is 4.79 Å². The number of rotatable bonds is 5. The molecule has 0 aliphatic carbocycles. The zero-order chi connectivity index (χ0) is 18.6. The van der Waals surface area contributed by atoms with Gasteiger partial charge in [0, 0.05) is 50.5 Å². The molecule has 1 amide bonds. The molecule has 0 radical (unpaired) electrons. The number of nitro groups is 1. The average Bonchev–Trinajstić information content (AvgIpc) is 2.53. The summed E-state index contributed by atoms with van der Waals surface area (Å²) in [6.45, 7) is -0.173. The van der Waals surface area contributed by atoms with Gasteiger partial charge in [0.2, 0.25) is 0 Å². The Labute approximate surface area is 141 Å². The number of carbonyl (C=O) groups is 1. The monoisotopic (exact) mass is 362 g/mol. The third-order valence-corrected chi connectivity index (χ3v) is 3.81. The summed E-state index contributed by atoms with van der Waals surface area (Å²) in [6.07, 6.45) is -5.41. The van der Waals surface area contributed by atoms with Gasteiger partial charge in [0.05, 0.1) is 11.5 Å². The van der Waals surface area contributed by atoms with Gasteiger partial charge in [-0.3, -0.25) is 10.1 Å². The van der Waals surface area contributed by atoms with Crippen molar-refractivity contribution in [1.82, 2.24) is 10.2 Å². The van der Waals surface area contributed by atoms with Crippen molar-refractivity contribution in [3.8, 4) is 0 Å². The summed E-state index contributed by atoms with van der Waals surface area (Å²) in [5, 5.41) is 22.1. The summed E-state index contributed by atoms with van der Waals surface area (Å²) in [5.74, 6) is 0. The van der Waals surface area contributed by atoms with Crippen molar-refractivity contribution in [2.45, 2.75) is 12.7 Å². The lowest BCUT2D eigenvalue weighted by atomic mass is 10.1. The van der Waals surface area contributed by atoms with E-state index in [1.54, 1.807) is 0 Å². The highest BCUT2D eigenvalue weighted by atomic mass is 19.4. The van der Waals surface area contributed by atoms with Crippen molar-refractivity contribution in [3.05, 3.63) is 33.9 Å². The van der Waals surface area contributed by atoms with Gasteiger partial charge in [0.25, 0.3) is 5.69 Å². The van der Waals surface area contributed by atoms with Crippen LogP contribution in [0, 0.1) is 10.1 Å². The molecule has 11 heteroatoms. The van der Waals surface area contributed by atoms with Crippen LogP contribution in [0.2, 0.25) is 0 Å². The molecule has 8 nitrogen and oxygen atoms in total. The van der Waals surface area contributed by atoms with Gasteiger partial charge in [-0.05, 0) is 11.6 Å². The number of nitro benzene ring substituents is 1. The van der Waals surface area contributed by atoms with Crippen molar-refractivity contribution in [2.75, 3.05) is 37.6 Å². The Hall–Kier alpha value is -2.56. The van der Waals surface area contributed by atoms with Gasteiger partial charge >= 0.3 is 12.3 Å². The Bertz CT molecular complexity index is 645. The van der Waals surface area contributed by atoms with Crippen molar-refractivity contribution in [1.29, 1.82) is 0 Å². The topological polar surface area (TPSA) is 99.0 Å². The molecule has 1 aliphatic heterocycles. The second-order valence-electron chi connectivity index (χ2n) is 5.55. The predicted molar refractivity (Wildman–Crippen MR) is 82.7 cm³/mol. The molecule has 25 heavy (non-hydrogen) atoms. The molecule has 138 valence electrons. The Morgan fingerprint density at radius 3 is 2.44 bits per heavy atom. The van der Waals surface area contributed by atoms with E-state index in [1.807, 2.05) is 4.90 Å². The van der Waals surface area contributed by atoms with Crippen molar-refractivity contribution in [3.63, 3.8) is 0 Å². The second-order valence-corrected chi connectivity index (χ2v) is 5.55. The van der Waals surface area contributed by atoms with Crippen LogP contribution in [0.3, 0.4) is 0 Å². The summed E-state index contributed by atoms with van der Waals surface area (Å²) in [6, 6.07) is 4.01. The first-order valence-electron chi connectivity index (χ1n) is 7.45. The molecule has 1 aromatic rings. The zero-order valence-electron chi connectivity index (χ0n) is 13.1. The molecule has 0 spiro atoms. The van der Waals surface area contributed by atoms with Crippen LogP contribution >= 0.6 is 0 Å². The highest BCUT2D eigenvalue weighted by molar-refractivity contribution is 5.66. The molecule has 1 heterocycles. The van der Waals surface area contributed by atoms with Gasteiger partial charge in [-0.1, -0.05) is 0 Å². The Morgan fingerprint density at radius 1 is 1.28 bits per heavy atom. The molecule has 1 fully saturated rings. The number of benzene rings is 1. The van der Waals surface area contributed by atoms with Crippen LogP contribution < -0.4 is 10.2 Å². The number of hydrogen-bond acceptors (Lipinski definition) is 5. The quantitative estimate of drug-likeness (QED) is 0.614. The van der Waals surface area contributed by atoms with E-state index in [0.29, 0.717) is 24.3 Å². The van der Waals surface area contributed by atoms with E-state index < -0.39 is 23.7 Å². The molecule has 0 unspecified atom stereocenters. The third kappa shape index (κ3) is 5.21. The molecule has 0 atom stereocenters. The number of piperazine rings is 1. The van der Waals surface area contributed by atoms with E-state index in [4.69, 9.17) is 5.11 Å². The number of hydrogen-bond donors (Lipinski definition) is 2. The van der Waals surface area contributed by atoms with Crippen LogP contribution in [-0.2, 0) is 6.54 Å². The molecule has 0 bridgehead atoms. The standard InChI is InChI=1S/C14H17F3N4O4/c15-14(16,17)9-18-8-10-7-11(21(24)25)1-2-12(10)19-3-5-20(6-4-19)13(22)23/h1-2,7,18H,3-6,8-9H2,(H,22,23). The summed E-state index contributed by atoms with van der Waals surface area (Å²) in [7, 11) is 0. The average molecular weight is 362 g/mol. The summed E-state index contributed by atoms with van der Waals surface area (Å²) >= 11 is 0. The number of amides is 1. The summed E-state index contributed by atoms with van der Waals surface area (Å²) in [4.78, 5) is 24.3. The van der Waals surface area contributed by atoms with E-state index in [2.05, 4.69) is 5.32 Å². The lowest BCUT2D eigenvalue weighted by Gasteiger charge is -2.35. The van der Waals surface area contributed by atoms with Gasteiger partial charge in [-0.15, -0.1) is 0 Å². The highest BCUT2D eigenvalue weighted by Gasteiger charge is 2.27. The smallest absolute Gasteiger partial charge is 0.407 e. The minimum Gasteiger partial charge on any atom is -0.465 e. The number of halogens is 3. The number of anilines is 1. The minimum absolute atomic E-state index is 0.185. The number of carboxylic acid groups (broad SMARTS) is 1. The highest BCUT2D eigenvalue weighted by Crippen LogP contribution is 2.27. The lowest BCUT2D eigenvalue weighted by Crippen LogP contribution is -2.48. The maximum absolute atomic E-state index is 12.3. The lowest BCUT2D eigenvalue weighted by molar-refractivity contribution is -0.384. The van der Waals surface area contributed by atoms with Crippen LogP contribution in [0.4, 0.5) is 29.3 Å². The first-order valence-corrected chi connectivity index (χ1v) is 7.45. The molecule has 2 rings (SSSR count). The van der Waals surface area contributed by atoms with Gasteiger partial charge in [0.1, 0.15) is 0 Å². The molecule has 0 saturated carbocycles. The fourth-order valence-electron chi connectivity index (χ4n) is 2.61. The van der Waals surface area contributed by atoms with Gasteiger partial charge in [0.15, 0.2) is 0 Å². The Balaban J connectivity index is 2.15. The van der Waals surface area contributed by atoms with E-state index in [-0.39, 0.29) is 25.3 Å². The SMILES string of the molecule is O=C(O)N1CCN(c2ccc([N+](=O)[O-])cc2CNCC(F)(F)F)CC1. The van der Waals surface area contributed by atoms with Crippen molar-refractivity contribution in [2.24, 2.45) is 0 Å². The number of nitrogens with one attached hydrogen (secondary N) is 1. The molecule has 2 N–H and O–H groups in total. The van der Waals surface area contributed by atoms with Crippen LogP contribution in [-0.4, -0.2) is 59.9 Å². The summed E-state index contributed by atoms with van der Waals surface area (Å²) < 4.78 is 36.9. The molecule has 1 aliphatic rings. The molecule has 1 aromatic carbocycles. The predicted octanol–water partition coefficient (Wildman–Crippen LogP) is 2.05. The largest absolute Gasteiger partial charge is 0.465 e. The summed E-state index contributed by atoms with van der Waals surface area (Å²) in [5.41, 5.74) is 0.712. The molecule has 1 saturated heterocycles. The van der Waals surface area contributed by atoms with Crippen molar-refractivity contribution >= 4 is 17.5 Å². The fraction of sp³-hybridized carbons (Fsp3) is 0.500. The van der Waals surface area contributed by atoms with E-state index >= 15 is 0 Å². The van der Waals surface area contributed by atoms with Gasteiger partial charge < -0.3 is 20.2 Å². The third-order valence-electron chi connectivity index (χ3n) is 3.81. The van der Waals surface area contributed by atoms with Crippen LogP contribution in [0.1, 0.15) is 5.56 Å². The van der Waals surface area contributed by atoms with Gasteiger partial charge in [-0.2, -0.15) is 13.2 Å². The van der Waals surface area contributed by atoms with Crippen molar-refractivity contribution < 1.29 is 28.0 Å².